The minimum atomic E-state index is -0.357. The summed E-state index contributed by atoms with van der Waals surface area (Å²) in [6, 6.07) is 19.2. The fourth-order valence-electron chi connectivity index (χ4n) is 2.26. The van der Waals surface area contributed by atoms with Gasteiger partial charge in [0.2, 0.25) is 0 Å². The van der Waals surface area contributed by atoms with Crippen LogP contribution in [0.1, 0.15) is 24.5 Å². The molecule has 4 heteroatoms. The fraction of sp³-hybridized carbons (Fsp3) is 0.238. The molecule has 0 aliphatic rings. The average Bonchev–Trinajstić information content (AvgIpc) is 2.66. The van der Waals surface area contributed by atoms with E-state index in [1.165, 1.54) is 0 Å². The molecule has 25 heavy (non-hydrogen) atoms. The summed E-state index contributed by atoms with van der Waals surface area (Å²) in [5, 5.41) is 12.0. The van der Waals surface area contributed by atoms with Gasteiger partial charge in [0.1, 0.15) is 17.4 Å². The number of ether oxygens (including phenoxy) is 1. The van der Waals surface area contributed by atoms with Crippen molar-refractivity contribution in [3.63, 3.8) is 0 Å². The van der Waals surface area contributed by atoms with Crippen molar-refractivity contribution < 1.29 is 9.53 Å². The molecule has 1 amide bonds. The summed E-state index contributed by atoms with van der Waals surface area (Å²) >= 11 is 0. The number of nitrogens with zero attached hydrogens (tertiary/aromatic N) is 1. The first-order valence-electron chi connectivity index (χ1n) is 8.39. The van der Waals surface area contributed by atoms with Gasteiger partial charge >= 0.3 is 0 Å². The molecule has 0 aliphatic carbocycles. The second-order valence-electron chi connectivity index (χ2n) is 5.58. The van der Waals surface area contributed by atoms with E-state index < -0.39 is 0 Å². The van der Waals surface area contributed by atoms with Gasteiger partial charge in [0.05, 0.1) is 6.61 Å². The van der Waals surface area contributed by atoms with Gasteiger partial charge in [-0.05, 0) is 42.2 Å². The summed E-state index contributed by atoms with van der Waals surface area (Å²) in [5.41, 5.74) is 2.03. The number of amides is 1. The van der Waals surface area contributed by atoms with Crippen molar-refractivity contribution in [3.05, 3.63) is 71.3 Å². The molecule has 0 unspecified atom stereocenters. The predicted molar refractivity (Wildman–Crippen MR) is 99.0 cm³/mol. The zero-order valence-electron chi connectivity index (χ0n) is 14.4. The van der Waals surface area contributed by atoms with Crippen LogP contribution < -0.4 is 10.1 Å². The number of carbonyl (C=O) groups excluding carboxylic acids is 1. The molecule has 1 N–H and O–H groups in total. The minimum Gasteiger partial charge on any atom is -0.494 e. The Kier molecular flexibility index (Phi) is 7.27. The monoisotopic (exact) mass is 334 g/mol. The molecular weight excluding hydrogens is 312 g/mol. The normalized spacial score (nSPS) is 10.8. The molecule has 0 radical (unpaired) electrons. The molecule has 0 atom stereocenters. The highest BCUT2D eigenvalue weighted by Gasteiger charge is 2.08. The fourth-order valence-corrected chi connectivity index (χ4v) is 2.26. The predicted octanol–water partition coefficient (Wildman–Crippen LogP) is 3.74. The van der Waals surface area contributed by atoms with E-state index in [9.17, 15) is 10.1 Å². The molecule has 0 aromatic heterocycles. The van der Waals surface area contributed by atoms with Crippen molar-refractivity contribution in [3.8, 4) is 11.8 Å². The highest BCUT2D eigenvalue weighted by molar-refractivity contribution is 6.01. The van der Waals surface area contributed by atoms with Crippen LogP contribution in [-0.4, -0.2) is 19.1 Å². The SMILES string of the molecule is CCCOc1ccc(/C=C(\C#N)C(=O)NCCc2ccccc2)cc1. The highest BCUT2D eigenvalue weighted by Crippen LogP contribution is 2.15. The van der Waals surface area contributed by atoms with Crippen LogP contribution in [0.15, 0.2) is 60.2 Å². The summed E-state index contributed by atoms with van der Waals surface area (Å²) in [6.07, 6.45) is 3.26. The van der Waals surface area contributed by atoms with E-state index >= 15 is 0 Å². The molecule has 0 saturated carbocycles. The molecule has 2 aromatic rings. The van der Waals surface area contributed by atoms with Crippen molar-refractivity contribution in [1.82, 2.24) is 5.32 Å². The zero-order chi connectivity index (χ0) is 17.9. The zero-order valence-corrected chi connectivity index (χ0v) is 14.4. The van der Waals surface area contributed by atoms with Gasteiger partial charge in [0.25, 0.3) is 5.91 Å². The summed E-state index contributed by atoms with van der Waals surface area (Å²) in [4.78, 5) is 12.2. The maximum Gasteiger partial charge on any atom is 0.261 e. The van der Waals surface area contributed by atoms with Gasteiger partial charge in [0, 0.05) is 6.54 Å². The van der Waals surface area contributed by atoms with Crippen LogP contribution in [0.2, 0.25) is 0 Å². The first kappa shape index (κ1) is 18.3. The van der Waals surface area contributed by atoms with Crippen molar-refractivity contribution in [2.75, 3.05) is 13.2 Å². The van der Waals surface area contributed by atoms with Crippen molar-refractivity contribution in [2.24, 2.45) is 0 Å². The van der Waals surface area contributed by atoms with Crippen molar-refractivity contribution >= 4 is 12.0 Å². The van der Waals surface area contributed by atoms with Crippen molar-refractivity contribution in [1.29, 1.82) is 5.26 Å². The van der Waals surface area contributed by atoms with Crippen LogP contribution in [0.4, 0.5) is 0 Å². The summed E-state index contributed by atoms with van der Waals surface area (Å²) in [5.74, 6) is 0.426. The van der Waals surface area contributed by atoms with Gasteiger partial charge in [0.15, 0.2) is 0 Å². The average molecular weight is 334 g/mol. The van der Waals surface area contributed by atoms with Gasteiger partial charge < -0.3 is 10.1 Å². The lowest BCUT2D eigenvalue weighted by atomic mass is 10.1. The van der Waals surface area contributed by atoms with Gasteiger partial charge in [-0.1, -0.05) is 49.4 Å². The second kappa shape index (κ2) is 9.94. The van der Waals surface area contributed by atoms with Gasteiger partial charge in [-0.25, -0.2) is 0 Å². The number of carbonyl (C=O) groups is 1. The Balaban J connectivity index is 1.92. The number of hydrogen-bond donors (Lipinski definition) is 1. The second-order valence-corrected chi connectivity index (χ2v) is 5.58. The van der Waals surface area contributed by atoms with Crippen LogP contribution in [-0.2, 0) is 11.2 Å². The van der Waals surface area contributed by atoms with Crippen LogP contribution in [0.3, 0.4) is 0 Å². The van der Waals surface area contributed by atoms with E-state index in [4.69, 9.17) is 4.74 Å². The molecule has 0 fully saturated rings. The standard InChI is InChI=1S/C21H22N2O2/c1-2-14-25-20-10-8-18(9-11-20)15-19(16-22)21(24)23-13-12-17-6-4-3-5-7-17/h3-11,15H,2,12-14H2,1H3,(H,23,24)/b19-15+. The van der Waals surface area contributed by atoms with E-state index in [1.54, 1.807) is 6.08 Å². The smallest absolute Gasteiger partial charge is 0.261 e. The molecular formula is C21H22N2O2. The van der Waals surface area contributed by atoms with Crippen LogP contribution in [0.5, 0.6) is 5.75 Å². The minimum absolute atomic E-state index is 0.0929. The molecule has 0 heterocycles. The summed E-state index contributed by atoms with van der Waals surface area (Å²) < 4.78 is 5.52. The molecule has 4 nitrogen and oxygen atoms in total. The summed E-state index contributed by atoms with van der Waals surface area (Å²) in [7, 11) is 0. The molecule has 0 aliphatic heterocycles. The Morgan fingerprint density at radius 3 is 2.52 bits per heavy atom. The third-order valence-corrected chi connectivity index (χ3v) is 3.57. The molecule has 0 saturated heterocycles. The molecule has 2 aromatic carbocycles. The van der Waals surface area contributed by atoms with E-state index in [-0.39, 0.29) is 11.5 Å². The largest absolute Gasteiger partial charge is 0.494 e. The van der Waals surface area contributed by atoms with Crippen molar-refractivity contribution in [2.45, 2.75) is 19.8 Å². The van der Waals surface area contributed by atoms with Crippen LogP contribution >= 0.6 is 0 Å². The Morgan fingerprint density at radius 1 is 1.16 bits per heavy atom. The van der Waals surface area contributed by atoms with E-state index in [0.717, 1.165) is 29.7 Å². The number of nitriles is 1. The molecule has 2 rings (SSSR count). The maximum atomic E-state index is 12.2. The molecule has 0 bridgehead atoms. The Morgan fingerprint density at radius 2 is 1.88 bits per heavy atom. The third kappa shape index (κ3) is 6.15. The number of nitrogens with one attached hydrogen (secondary N) is 1. The maximum absolute atomic E-state index is 12.2. The van der Waals surface area contributed by atoms with E-state index in [2.05, 4.69) is 5.32 Å². The topological polar surface area (TPSA) is 62.1 Å². The van der Waals surface area contributed by atoms with Gasteiger partial charge in [-0.2, -0.15) is 5.26 Å². The van der Waals surface area contributed by atoms with Gasteiger partial charge in [-0.15, -0.1) is 0 Å². The lowest BCUT2D eigenvalue weighted by molar-refractivity contribution is -0.117. The lowest BCUT2D eigenvalue weighted by Gasteiger charge is -2.06. The first-order chi connectivity index (χ1) is 12.2. The number of hydrogen-bond acceptors (Lipinski definition) is 3. The Bertz CT molecular complexity index is 744. The number of rotatable bonds is 8. The summed E-state index contributed by atoms with van der Waals surface area (Å²) in [6.45, 7) is 3.21. The number of benzene rings is 2. The third-order valence-electron chi connectivity index (χ3n) is 3.57. The van der Waals surface area contributed by atoms with Gasteiger partial charge in [-0.3, -0.25) is 4.79 Å². The van der Waals surface area contributed by atoms with Crippen LogP contribution in [0.25, 0.3) is 6.08 Å². The first-order valence-corrected chi connectivity index (χ1v) is 8.39. The van der Waals surface area contributed by atoms with E-state index in [1.807, 2.05) is 67.6 Å². The molecule has 0 spiro atoms. The highest BCUT2D eigenvalue weighted by atomic mass is 16.5. The quantitative estimate of drug-likeness (QED) is 0.591. The Labute approximate surface area is 148 Å². The Hall–Kier alpha value is -3.06. The van der Waals surface area contributed by atoms with E-state index in [0.29, 0.717) is 13.2 Å². The van der Waals surface area contributed by atoms with Crippen LogP contribution in [0, 0.1) is 11.3 Å². The lowest BCUT2D eigenvalue weighted by Crippen LogP contribution is -2.26. The molecule has 128 valence electrons.